The third kappa shape index (κ3) is 3.78. The summed E-state index contributed by atoms with van der Waals surface area (Å²) in [5.74, 6) is 1.99. The van der Waals surface area contributed by atoms with Gasteiger partial charge in [-0.25, -0.2) is 0 Å². The van der Waals surface area contributed by atoms with Crippen LogP contribution in [0.4, 0.5) is 0 Å². The summed E-state index contributed by atoms with van der Waals surface area (Å²) in [4.78, 5) is 0. The molecule has 0 saturated heterocycles. The summed E-state index contributed by atoms with van der Waals surface area (Å²) in [6.45, 7) is 11.6. The number of hydrogen-bond acceptors (Lipinski definition) is 2. The molecule has 0 amide bonds. The lowest BCUT2D eigenvalue weighted by molar-refractivity contribution is -0.0602. The van der Waals surface area contributed by atoms with Crippen molar-refractivity contribution in [1.29, 1.82) is 0 Å². The minimum Gasteiger partial charge on any atom is -0.378 e. The minimum absolute atomic E-state index is 0.319. The summed E-state index contributed by atoms with van der Waals surface area (Å²) in [5, 5.41) is 0. The van der Waals surface area contributed by atoms with Crippen molar-refractivity contribution in [2.24, 2.45) is 11.8 Å². The quantitative estimate of drug-likeness (QED) is 0.669. The van der Waals surface area contributed by atoms with Crippen LogP contribution in [-0.4, -0.2) is 32.8 Å². The van der Waals surface area contributed by atoms with Gasteiger partial charge in [-0.05, 0) is 40.0 Å². The summed E-state index contributed by atoms with van der Waals surface area (Å²) < 4.78 is 11.8. The van der Waals surface area contributed by atoms with Crippen LogP contribution in [0.1, 0.15) is 41.0 Å². The van der Waals surface area contributed by atoms with E-state index in [0.717, 1.165) is 12.4 Å². The van der Waals surface area contributed by atoms with Crippen molar-refractivity contribution in [1.82, 2.24) is 0 Å². The van der Waals surface area contributed by atoms with Gasteiger partial charge in [0.25, 0.3) is 0 Å². The van der Waals surface area contributed by atoms with E-state index >= 15 is 0 Å². The van der Waals surface area contributed by atoms with Crippen molar-refractivity contribution in [3.05, 3.63) is 0 Å². The van der Waals surface area contributed by atoms with Gasteiger partial charge < -0.3 is 9.47 Å². The second-order valence-corrected chi connectivity index (χ2v) is 5.86. The zero-order chi connectivity index (χ0) is 12.3. The first kappa shape index (κ1) is 14.0. The molecule has 0 bridgehead atoms. The molecule has 0 spiro atoms. The smallest absolute Gasteiger partial charge is 0.105 e. The molecule has 1 aliphatic carbocycles. The van der Waals surface area contributed by atoms with Crippen LogP contribution in [0, 0.1) is 11.8 Å². The average molecular weight is 226 g/mol. The van der Waals surface area contributed by atoms with Crippen LogP contribution in [-0.2, 0) is 9.47 Å². The molecule has 0 heterocycles. The number of rotatable bonds is 5. The molecular formula is C13H27BO2. The molecule has 94 valence electrons. The van der Waals surface area contributed by atoms with E-state index in [0.29, 0.717) is 30.1 Å². The Morgan fingerprint density at radius 2 is 1.81 bits per heavy atom. The highest BCUT2D eigenvalue weighted by atomic mass is 16.5. The van der Waals surface area contributed by atoms with Crippen LogP contribution >= 0.6 is 0 Å². The van der Waals surface area contributed by atoms with Gasteiger partial charge in [0.2, 0.25) is 0 Å². The summed E-state index contributed by atoms with van der Waals surface area (Å²) >= 11 is 0. The van der Waals surface area contributed by atoms with E-state index in [9.17, 15) is 0 Å². The molecule has 0 radical (unpaired) electrons. The Bertz CT molecular complexity index is 206. The Morgan fingerprint density at radius 3 is 2.31 bits per heavy atom. The Kier molecular flexibility index (Phi) is 5.32. The highest BCUT2D eigenvalue weighted by molar-refractivity contribution is 6.12. The van der Waals surface area contributed by atoms with Crippen molar-refractivity contribution in [3.8, 4) is 0 Å². The fourth-order valence-corrected chi connectivity index (χ4v) is 2.61. The topological polar surface area (TPSA) is 18.5 Å². The maximum absolute atomic E-state index is 6.06. The highest BCUT2D eigenvalue weighted by Crippen LogP contribution is 2.41. The first-order chi connectivity index (χ1) is 7.41. The van der Waals surface area contributed by atoms with Gasteiger partial charge in [0.1, 0.15) is 7.85 Å². The number of ether oxygens (including phenoxy) is 2. The van der Waals surface area contributed by atoms with Crippen LogP contribution in [0.3, 0.4) is 0 Å². The standard InChI is InChI=1S/C13H27BO2/c1-8(2)15-7-11-6-12(14)10(5)13(11)16-9(3)4/h8-13H,6-7,14H2,1-5H3/t10-,11-,12-,13?/m1/s1. The predicted octanol–water partition coefficient (Wildman–Crippen LogP) is 2.28. The predicted molar refractivity (Wildman–Crippen MR) is 70.7 cm³/mol. The fraction of sp³-hybridized carbons (Fsp3) is 1.00. The summed E-state index contributed by atoms with van der Waals surface area (Å²) in [6, 6.07) is 0. The van der Waals surface area contributed by atoms with Crippen molar-refractivity contribution in [3.63, 3.8) is 0 Å². The summed E-state index contributed by atoms with van der Waals surface area (Å²) in [7, 11) is 2.33. The zero-order valence-corrected chi connectivity index (χ0v) is 11.7. The van der Waals surface area contributed by atoms with E-state index < -0.39 is 0 Å². The van der Waals surface area contributed by atoms with Gasteiger partial charge in [-0.3, -0.25) is 0 Å². The fourth-order valence-electron chi connectivity index (χ4n) is 2.61. The lowest BCUT2D eigenvalue weighted by Crippen LogP contribution is -2.30. The molecule has 1 fully saturated rings. The molecule has 1 unspecified atom stereocenters. The summed E-state index contributed by atoms with van der Waals surface area (Å²) in [6.07, 6.45) is 2.27. The van der Waals surface area contributed by atoms with E-state index in [2.05, 4.69) is 42.5 Å². The van der Waals surface area contributed by atoms with Crippen LogP contribution < -0.4 is 0 Å². The molecule has 16 heavy (non-hydrogen) atoms. The Morgan fingerprint density at radius 1 is 1.19 bits per heavy atom. The molecule has 3 heteroatoms. The largest absolute Gasteiger partial charge is 0.378 e. The second kappa shape index (κ2) is 6.06. The maximum Gasteiger partial charge on any atom is 0.105 e. The lowest BCUT2D eigenvalue weighted by Gasteiger charge is -2.26. The molecule has 0 aromatic carbocycles. The van der Waals surface area contributed by atoms with E-state index in [1.54, 1.807) is 0 Å². The second-order valence-electron chi connectivity index (χ2n) is 5.86. The molecular weight excluding hydrogens is 199 g/mol. The molecule has 1 aliphatic rings. The molecule has 0 aromatic heterocycles. The van der Waals surface area contributed by atoms with Gasteiger partial charge in [-0.15, -0.1) is 0 Å². The summed E-state index contributed by atoms with van der Waals surface area (Å²) in [5.41, 5.74) is 0. The van der Waals surface area contributed by atoms with Gasteiger partial charge in [-0.1, -0.05) is 12.7 Å². The molecule has 2 nitrogen and oxygen atoms in total. The lowest BCUT2D eigenvalue weighted by atomic mass is 9.79. The zero-order valence-electron chi connectivity index (χ0n) is 11.7. The van der Waals surface area contributed by atoms with Gasteiger partial charge in [-0.2, -0.15) is 0 Å². The maximum atomic E-state index is 6.06. The Balaban J connectivity index is 2.52. The van der Waals surface area contributed by atoms with E-state index in [4.69, 9.17) is 9.47 Å². The first-order valence-electron chi connectivity index (χ1n) is 6.68. The van der Waals surface area contributed by atoms with E-state index in [1.165, 1.54) is 6.42 Å². The molecule has 0 aliphatic heterocycles. The van der Waals surface area contributed by atoms with Crippen molar-refractivity contribution < 1.29 is 9.47 Å². The van der Waals surface area contributed by atoms with Gasteiger partial charge in [0.05, 0.1) is 24.9 Å². The monoisotopic (exact) mass is 226 g/mol. The molecule has 1 saturated carbocycles. The van der Waals surface area contributed by atoms with Gasteiger partial charge in [0.15, 0.2) is 0 Å². The number of hydrogen-bond donors (Lipinski definition) is 0. The third-order valence-electron chi connectivity index (χ3n) is 3.63. The molecule has 0 aromatic rings. The van der Waals surface area contributed by atoms with Crippen LogP contribution in [0.15, 0.2) is 0 Å². The average Bonchev–Trinajstić information content (AvgIpc) is 2.42. The van der Waals surface area contributed by atoms with Crippen LogP contribution in [0.25, 0.3) is 0 Å². The van der Waals surface area contributed by atoms with Gasteiger partial charge in [0, 0.05) is 5.92 Å². The highest BCUT2D eigenvalue weighted by Gasteiger charge is 2.39. The van der Waals surface area contributed by atoms with Gasteiger partial charge >= 0.3 is 0 Å². The van der Waals surface area contributed by atoms with Crippen molar-refractivity contribution in [2.45, 2.75) is 65.2 Å². The third-order valence-corrected chi connectivity index (χ3v) is 3.63. The SMILES string of the molecule is B[C@@H]1C[C@H](COC(C)C)C(OC(C)C)[C@@H]1C. The van der Waals surface area contributed by atoms with Crippen molar-refractivity contribution in [2.75, 3.05) is 6.61 Å². The van der Waals surface area contributed by atoms with E-state index in [-0.39, 0.29) is 0 Å². The van der Waals surface area contributed by atoms with E-state index in [1.807, 2.05) is 0 Å². The molecule has 0 N–H and O–H groups in total. The van der Waals surface area contributed by atoms with Crippen LogP contribution in [0.5, 0.6) is 0 Å². The minimum atomic E-state index is 0.319. The Hall–Kier alpha value is -0.0151. The molecule has 1 rings (SSSR count). The van der Waals surface area contributed by atoms with Crippen molar-refractivity contribution >= 4 is 7.85 Å². The first-order valence-corrected chi connectivity index (χ1v) is 6.68. The van der Waals surface area contributed by atoms with Crippen LogP contribution in [0.2, 0.25) is 5.82 Å². The Labute approximate surface area is 101 Å². The normalized spacial score (nSPS) is 35.2. The molecule has 4 atom stereocenters.